The Balaban J connectivity index is 1.86. The third-order valence-corrected chi connectivity index (χ3v) is 7.10. The summed E-state index contributed by atoms with van der Waals surface area (Å²) >= 11 is 1.34. The smallest absolute Gasteiger partial charge is 0.243 e. The Morgan fingerprint density at radius 3 is 2.46 bits per heavy atom. The Labute approximate surface area is 157 Å². The third-order valence-electron chi connectivity index (χ3n) is 4.33. The van der Waals surface area contributed by atoms with Crippen molar-refractivity contribution in [3.63, 3.8) is 0 Å². The number of aromatic nitrogens is 1. The zero-order valence-electron chi connectivity index (χ0n) is 14.5. The van der Waals surface area contributed by atoms with Gasteiger partial charge >= 0.3 is 0 Å². The van der Waals surface area contributed by atoms with Crippen molar-refractivity contribution < 1.29 is 8.42 Å². The van der Waals surface area contributed by atoms with Crippen LogP contribution in [-0.4, -0.2) is 30.8 Å². The molecule has 1 aromatic heterocycles. The van der Waals surface area contributed by atoms with Gasteiger partial charge in [0.05, 0.1) is 10.6 Å². The molecule has 0 saturated carbocycles. The minimum atomic E-state index is -3.44. The van der Waals surface area contributed by atoms with E-state index >= 15 is 0 Å². The van der Waals surface area contributed by atoms with Crippen molar-refractivity contribution in [1.29, 1.82) is 5.26 Å². The molecule has 0 radical (unpaired) electrons. The lowest BCUT2D eigenvalue weighted by Crippen LogP contribution is -2.35. The molecule has 1 fully saturated rings. The molecule has 0 aliphatic carbocycles. The molecular formula is C18H20N4O2S2. The Kier molecular flexibility index (Phi) is 5.41. The minimum Gasteiger partial charge on any atom is -0.401 e. The van der Waals surface area contributed by atoms with Crippen molar-refractivity contribution in [2.24, 2.45) is 5.73 Å². The Morgan fingerprint density at radius 1 is 1.23 bits per heavy atom. The summed E-state index contributed by atoms with van der Waals surface area (Å²) in [6.07, 6.45) is 2.90. The molecule has 0 amide bonds. The van der Waals surface area contributed by atoms with Gasteiger partial charge in [-0.05, 0) is 31.9 Å². The monoisotopic (exact) mass is 388 g/mol. The van der Waals surface area contributed by atoms with E-state index in [0.717, 1.165) is 24.8 Å². The number of thiazole rings is 1. The fourth-order valence-electron chi connectivity index (χ4n) is 2.88. The van der Waals surface area contributed by atoms with Crippen LogP contribution in [0.4, 0.5) is 0 Å². The molecule has 1 aliphatic heterocycles. The molecule has 8 heteroatoms. The van der Waals surface area contributed by atoms with Gasteiger partial charge in [-0.15, -0.1) is 11.3 Å². The molecule has 26 heavy (non-hydrogen) atoms. The van der Waals surface area contributed by atoms with Crippen molar-refractivity contribution in [3.05, 3.63) is 40.4 Å². The van der Waals surface area contributed by atoms with Crippen LogP contribution >= 0.6 is 11.3 Å². The van der Waals surface area contributed by atoms with Gasteiger partial charge in [0.1, 0.15) is 16.6 Å². The van der Waals surface area contributed by atoms with E-state index in [0.29, 0.717) is 40.0 Å². The fourth-order valence-corrected chi connectivity index (χ4v) is 5.28. The molecule has 1 saturated heterocycles. The fraction of sp³-hybridized carbons (Fsp3) is 0.333. The lowest BCUT2D eigenvalue weighted by atomic mass is 10.2. The topological polar surface area (TPSA) is 100 Å². The van der Waals surface area contributed by atoms with Gasteiger partial charge in [-0.25, -0.2) is 13.4 Å². The van der Waals surface area contributed by atoms with Crippen molar-refractivity contribution in [1.82, 2.24) is 9.29 Å². The summed E-state index contributed by atoms with van der Waals surface area (Å²) in [6, 6.07) is 8.80. The van der Waals surface area contributed by atoms with Crippen molar-refractivity contribution in [3.8, 4) is 17.3 Å². The molecule has 1 aromatic carbocycles. The average Bonchev–Trinajstić information content (AvgIpc) is 3.12. The molecule has 2 N–H and O–H groups in total. The van der Waals surface area contributed by atoms with E-state index < -0.39 is 10.0 Å². The predicted molar refractivity (Wildman–Crippen MR) is 103 cm³/mol. The molecule has 3 rings (SSSR count). The molecule has 0 unspecified atom stereocenters. The second-order valence-corrected chi connectivity index (χ2v) is 8.99. The highest BCUT2D eigenvalue weighted by Gasteiger charge is 2.25. The summed E-state index contributed by atoms with van der Waals surface area (Å²) in [6.45, 7) is 2.84. The largest absolute Gasteiger partial charge is 0.401 e. The van der Waals surface area contributed by atoms with Crippen LogP contribution in [-0.2, 0) is 10.0 Å². The summed E-state index contributed by atoms with van der Waals surface area (Å²) in [5, 5.41) is 11.6. The average molecular weight is 389 g/mol. The number of hydrogen-bond donors (Lipinski definition) is 1. The van der Waals surface area contributed by atoms with Crippen molar-refractivity contribution in [2.75, 3.05) is 13.1 Å². The van der Waals surface area contributed by atoms with E-state index in [1.165, 1.54) is 11.3 Å². The molecule has 136 valence electrons. The summed E-state index contributed by atoms with van der Waals surface area (Å²) in [5.74, 6) is 0. The molecule has 2 heterocycles. The standard InChI is InChI=1S/C18H20N4O2S2/c1-13(20)16(11-19)18-21-17(12-25-18)14-5-7-15(8-6-14)26(23,24)22-9-3-2-4-10-22/h5-8,12H,2-4,9-10,20H2,1H3/b16-13-. The highest BCUT2D eigenvalue weighted by molar-refractivity contribution is 7.89. The van der Waals surface area contributed by atoms with Crippen molar-refractivity contribution >= 4 is 26.9 Å². The number of nitriles is 1. The van der Waals surface area contributed by atoms with Crippen LogP contribution in [0.5, 0.6) is 0 Å². The highest BCUT2D eigenvalue weighted by atomic mass is 32.2. The van der Waals surface area contributed by atoms with Gasteiger partial charge in [0.25, 0.3) is 0 Å². The zero-order chi connectivity index (χ0) is 18.7. The Bertz CT molecular complexity index is 959. The highest BCUT2D eigenvalue weighted by Crippen LogP contribution is 2.28. The van der Waals surface area contributed by atoms with E-state index in [9.17, 15) is 13.7 Å². The van der Waals surface area contributed by atoms with Crippen LogP contribution in [0.2, 0.25) is 0 Å². The first-order valence-corrected chi connectivity index (χ1v) is 10.7. The Hall–Kier alpha value is -2.21. The third kappa shape index (κ3) is 3.65. The normalized spacial score (nSPS) is 16.8. The maximum absolute atomic E-state index is 12.7. The number of hydrogen-bond acceptors (Lipinski definition) is 6. The predicted octanol–water partition coefficient (Wildman–Crippen LogP) is 3.20. The number of nitrogens with two attached hydrogens (primary N) is 1. The lowest BCUT2D eigenvalue weighted by Gasteiger charge is -2.25. The second kappa shape index (κ2) is 7.58. The van der Waals surface area contributed by atoms with E-state index in [1.54, 1.807) is 35.5 Å². The van der Waals surface area contributed by atoms with Crippen LogP contribution in [0.15, 0.2) is 40.2 Å². The van der Waals surface area contributed by atoms with Crippen LogP contribution in [0.1, 0.15) is 31.2 Å². The molecule has 6 nitrogen and oxygen atoms in total. The van der Waals surface area contributed by atoms with Gasteiger partial charge in [-0.2, -0.15) is 9.57 Å². The molecule has 2 aromatic rings. The van der Waals surface area contributed by atoms with Crippen LogP contribution < -0.4 is 5.73 Å². The molecular weight excluding hydrogens is 368 g/mol. The number of rotatable bonds is 4. The summed E-state index contributed by atoms with van der Waals surface area (Å²) in [4.78, 5) is 4.75. The first kappa shape index (κ1) is 18.6. The van der Waals surface area contributed by atoms with Gasteiger partial charge in [-0.3, -0.25) is 0 Å². The molecule has 0 atom stereocenters. The van der Waals surface area contributed by atoms with Gasteiger partial charge in [0.15, 0.2) is 0 Å². The number of allylic oxidation sites excluding steroid dienone is 2. The molecule has 0 spiro atoms. The zero-order valence-corrected chi connectivity index (χ0v) is 16.1. The summed E-state index contributed by atoms with van der Waals surface area (Å²) in [7, 11) is -3.44. The van der Waals surface area contributed by atoms with Crippen molar-refractivity contribution in [2.45, 2.75) is 31.1 Å². The maximum Gasteiger partial charge on any atom is 0.243 e. The number of nitrogens with zero attached hydrogens (tertiary/aromatic N) is 3. The summed E-state index contributed by atoms with van der Waals surface area (Å²) in [5.41, 5.74) is 8.01. The quantitative estimate of drug-likeness (QED) is 0.811. The number of sulfonamides is 1. The van der Waals surface area contributed by atoms with Crippen LogP contribution in [0.3, 0.4) is 0 Å². The van der Waals surface area contributed by atoms with E-state index in [2.05, 4.69) is 11.1 Å². The summed E-state index contributed by atoms with van der Waals surface area (Å²) < 4.78 is 27.0. The van der Waals surface area contributed by atoms with Gasteiger partial charge in [0.2, 0.25) is 10.0 Å². The lowest BCUT2D eigenvalue weighted by molar-refractivity contribution is 0.346. The van der Waals surface area contributed by atoms with Crippen LogP contribution in [0, 0.1) is 11.3 Å². The van der Waals surface area contributed by atoms with E-state index in [1.807, 2.05) is 5.38 Å². The Morgan fingerprint density at radius 2 is 1.88 bits per heavy atom. The first-order chi connectivity index (χ1) is 12.4. The van der Waals surface area contributed by atoms with Gasteiger partial charge < -0.3 is 5.73 Å². The minimum absolute atomic E-state index is 0.300. The number of benzene rings is 1. The van der Waals surface area contributed by atoms with E-state index in [4.69, 9.17) is 5.73 Å². The maximum atomic E-state index is 12.7. The van der Waals surface area contributed by atoms with E-state index in [-0.39, 0.29) is 0 Å². The molecule has 1 aliphatic rings. The second-order valence-electron chi connectivity index (χ2n) is 6.20. The molecule has 0 bridgehead atoms. The number of piperidine rings is 1. The first-order valence-electron chi connectivity index (χ1n) is 8.36. The SMILES string of the molecule is C/C(N)=C(\C#N)c1nc(-c2ccc(S(=O)(=O)N3CCCCC3)cc2)cs1. The van der Waals surface area contributed by atoms with Gasteiger partial charge in [0, 0.05) is 29.7 Å². The van der Waals surface area contributed by atoms with Crippen LogP contribution in [0.25, 0.3) is 16.8 Å². The van der Waals surface area contributed by atoms with Gasteiger partial charge in [-0.1, -0.05) is 18.6 Å².